The van der Waals surface area contributed by atoms with Crippen LogP contribution in [-0.2, 0) is 12.5 Å². The molecule has 0 saturated carbocycles. The number of anilines is 1. The van der Waals surface area contributed by atoms with Crippen LogP contribution in [0.15, 0.2) is 63.9 Å². The summed E-state index contributed by atoms with van der Waals surface area (Å²) in [6.45, 7) is 0.897. The smallest absolute Gasteiger partial charge is 0.301 e. The number of hydrogen-bond donors (Lipinski definition) is 1. The lowest BCUT2D eigenvalue weighted by molar-refractivity contribution is -0.00636. The summed E-state index contributed by atoms with van der Waals surface area (Å²) < 4.78 is 43.7. The number of hydrogen-bond acceptors (Lipinski definition) is 6. The average Bonchev–Trinajstić information content (AvgIpc) is 3.49. The van der Waals surface area contributed by atoms with Gasteiger partial charge in [-0.3, -0.25) is 9.48 Å². The first-order valence-corrected chi connectivity index (χ1v) is 9.23. The van der Waals surface area contributed by atoms with Gasteiger partial charge in [-0.05, 0) is 36.4 Å². The normalized spacial score (nSPS) is 11.5. The Kier molecular flexibility index (Phi) is 5.28. The molecule has 4 aromatic rings. The van der Waals surface area contributed by atoms with Crippen molar-refractivity contribution in [1.82, 2.24) is 14.8 Å². The number of nitrogens with zero attached hydrogens (tertiary/aromatic N) is 3. The fraction of sp³-hybridized carbons (Fsp3) is 0.190. The van der Waals surface area contributed by atoms with Gasteiger partial charge in [0.25, 0.3) is 5.91 Å². The van der Waals surface area contributed by atoms with Crippen molar-refractivity contribution < 1.29 is 27.1 Å². The van der Waals surface area contributed by atoms with Gasteiger partial charge in [0.1, 0.15) is 11.5 Å². The van der Waals surface area contributed by atoms with E-state index in [1.807, 2.05) is 0 Å². The number of carbonyl (C=O) groups excluding carboxylic acids is 1. The van der Waals surface area contributed by atoms with E-state index in [4.69, 9.17) is 13.6 Å². The Balaban J connectivity index is 1.45. The average molecular weight is 428 g/mol. The molecule has 4 rings (SSSR count). The molecule has 3 heterocycles. The summed E-state index contributed by atoms with van der Waals surface area (Å²) in [5, 5.41) is 6.86. The van der Waals surface area contributed by atoms with Gasteiger partial charge in [0.2, 0.25) is 0 Å². The summed E-state index contributed by atoms with van der Waals surface area (Å²) in [6.07, 6.45) is 2.78. The second-order valence-corrected chi connectivity index (χ2v) is 6.77. The fourth-order valence-corrected chi connectivity index (χ4v) is 2.91. The van der Waals surface area contributed by atoms with Crippen molar-refractivity contribution >= 4 is 11.7 Å². The van der Waals surface area contributed by atoms with Crippen molar-refractivity contribution in [1.29, 1.82) is 0 Å². The van der Waals surface area contributed by atoms with E-state index >= 15 is 0 Å². The highest BCUT2D eigenvalue weighted by molar-refractivity contribution is 6.05. The van der Waals surface area contributed by atoms with Crippen LogP contribution in [0.5, 0.6) is 5.75 Å². The van der Waals surface area contributed by atoms with Gasteiger partial charge >= 0.3 is 5.92 Å². The summed E-state index contributed by atoms with van der Waals surface area (Å²) in [7, 11) is 1.56. The molecular formula is C21H18F2N4O4. The van der Waals surface area contributed by atoms with E-state index < -0.39 is 17.6 Å². The third-order valence-electron chi connectivity index (χ3n) is 4.43. The minimum Gasteiger partial charge on any atom is -0.497 e. The molecule has 0 spiro atoms. The zero-order valence-electron chi connectivity index (χ0n) is 16.6. The number of benzene rings is 1. The summed E-state index contributed by atoms with van der Waals surface area (Å²) in [5.41, 5.74) is 0.760. The monoisotopic (exact) mass is 428 g/mol. The van der Waals surface area contributed by atoms with E-state index in [2.05, 4.69) is 15.4 Å². The van der Waals surface area contributed by atoms with Gasteiger partial charge in [-0.25, -0.2) is 4.98 Å². The molecule has 1 aromatic carbocycles. The van der Waals surface area contributed by atoms with Gasteiger partial charge in [0, 0.05) is 24.8 Å². The molecule has 10 heteroatoms. The number of aromatic nitrogens is 3. The third kappa shape index (κ3) is 4.47. The topological polar surface area (TPSA) is 95.3 Å². The van der Waals surface area contributed by atoms with Crippen LogP contribution in [0, 0.1) is 0 Å². The molecule has 0 fully saturated rings. The van der Waals surface area contributed by atoms with E-state index in [1.54, 1.807) is 43.6 Å². The Bertz CT molecular complexity index is 1190. The van der Waals surface area contributed by atoms with Crippen molar-refractivity contribution in [3.05, 3.63) is 72.3 Å². The molecular weight excluding hydrogens is 410 g/mol. The van der Waals surface area contributed by atoms with Crippen LogP contribution in [0.25, 0.3) is 11.3 Å². The SMILES string of the molecule is COc1ccc(-c2ocnc2C(=O)Nc2ccn(Cc3ccc(C(C)(F)F)o3)n2)cc1. The molecule has 31 heavy (non-hydrogen) atoms. The van der Waals surface area contributed by atoms with Crippen molar-refractivity contribution in [2.24, 2.45) is 0 Å². The number of halogens is 2. The first-order chi connectivity index (χ1) is 14.8. The minimum atomic E-state index is -3.05. The number of oxazole rings is 1. The van der Waals surface area contributed by atoms with Crippen LogP contribution < -0.4 is 10.1 Å². The van der Waals surface area contributed by atoms with E-state index in [0.717, 1.165) is 6.92 Å². The molecule has 3 aromatic heterocycles. The molecule has 0 unspecified atom stereocenters. The molecule has 0 bridgehead atoms. The molecule has 0 aliphatic rings. The van der Waals surface area contributed by atoms with Gasteiger partial charge in [-0.1, -0.05) is 0 Å². The Morgan fingerprint density at radius 2 is 1.97 bits per heavy atom. The van der Waals surface area contributed by atoms with Gasteiger partial charge in [0.15, 0.2) is 29.4 Å². The second kappa shape index (κ2) is 8.05. The highest BCUT2D eigenvalue weighted by Gasteiger charge is 2.28. The van der Waals surface area contributed by atoms with Crippen LogP contribution in [0.1, 0.15) is 28.9 Å². The Morgan fingerprint density at radius 3 is 2.65 bits per heavy atom. The summed E-state index contributed by atoms with van der Waals surface area (Å²) in [4.78, 5) is 16.7. The highest BCUT2D eigenvalue weighted by atomic mass is 19.3. The molecule has 160 valence electrons. The Labute approximate surface area is 175 Å². The van der Waals surface area contributed by atoms with Crippen molar-refractivity contribution in [2.45, 2.75) is 19.4 Å². The van der Waals surface area contributed by atoms with Crippen LogP contribution in [-0.4, -0.2) is 27.8 Å². The lowest BCUT2D eigenvalue weighted by atomic mass is 10.1. The zero-order valence-corrected chi connectivity index (χ0v) is 16.6. The quantitative estimate of drug-likeness (QED) is 0.464. The number of amides is 1. The minimum absolute atomic E-state index is 0.0978. The first-order valence-electron chi connectivity index (χ1n) is 9.23. The number of furan rings is 1. The molecule has 0 aliphatic heterocycles. The zero-order chi connectivity index (χ0) is 22.0. The van der Waals surface area contributed by atoms with Crippen LogP contribution >= 0.6 is 0 Å². The number of methoxy groups -OCH3 is 1. The summed E-state index contributed by atoms with van der Waals surface area (Å²) in [6, 6.07) is 11.3. The first kappa shape index (κ1) is 20.3. The fourth-order valence-electron chi connectivity index (χ4n) is 2.91. The van der Waals surface area contributed by atoms with E-state index in [-0.39, 0.29) is 18.1 Å². The maximum Gasteiger partial charge on any atom is 0.301 e. The molecule has 1 amide bonds. The van der Waals surface area contributed by atoms with Crippen LogP contribution in [0.3, 0.4) is 0 Å². The largest absolute Gasteiger partial charge is 0.497 e. The molecule has 1 N–H and O–H groups in total. The van der Waals surface area contributed by atoms with Crippen molar-refractivity contribution in [3.63, 3.8) is 0 Å². The lowest BCUT2D eigenvalue weighted by Crippen LogP contribution is -2.14. The standard InChI is InChI=1S/C21H18F2N4O4/c1-21(22,23)16-8-7-15(31-16)11-27-10-9-17(26-27)25-20(28)18-19(30-12-24-18)13-3-5-14(29-2)6-4-13/h3-10,12H,11H2,1-2H3,(H,25,26,28). The Morgan fingerprint density at radius 1 is 1.19 bits per heavy atom. The van der Waals surface area contributed by atoms with Crippen LogP contribution in [0.2, 0.25) is 0 Å². The summed E-state index contributed by atoms with van der Waals surface area (Å²) >= 11 is 0. The Hall–Kier alpha value is -3.95. The second-order valence-electron chi connectivity index (χ2n) is 6.77. The van der Waals surface area contributed by atoms with Gasteiger partial charge in [-0.2, -0.15) is 13.9 Å². The van der Waals surface area contributed by atoms with E-state index in [9.17, 15) is 13.6 Å². The number of carbonyl (C=O) groups is 1. The predicted molar refractivity (Wildman–Crippen MR) is 106 cm³/mol. The number of rotatable bonds is 7. The van der Waals surface area contributed by atoms with Crippen molar-refractivity contribution in [3.8, 4) is 17.1 Å². The van der Waals surface area contributed by atoms with Gasteiger partial charge in [-0.15, -0.1) is 0 Å². The molecule has 0 radical (unpaired) electrons. The molecule has 0 atom stereocenters. The van der Waals surface area contributed by atoms with Gasteiger partial charge in [0.05, 0.1) is 13.7 Å². The number of alkyl halides is 2. The summed E-state index contributed by atoms with van der Waals surface area (Å²) in [5.74, 6) is -2.41. The highest BCUT2D eigenvalue weighted by Crippen LogP contribution is 2.29. The third-order valence-corrected chi connectivity index (χ3v) is 4.43. The van der Waals surface area contributed by atoms with E-state index in [0.29, 0.717) is 22.8 Å². The molecule has 0 saturated heterocycles. The maximum absolute atomic E-state index is 13.3. The molecule has 8 nitrogen and oxygen atoms in total. The number of ether oxygens (including phenoxy) is 1. The predicted octanol–water partition coefficient (Wildman–Crippen LogP) is 4.55. The maximum atomic E-state index is 13.3. The van der Waals surface area contributed by atoms with Crippen molar-refractivity contribution in [2.75, 3.05) is 12.4 Å². The van der Waals surface area contributed by atoms with E-state index in [1.165, 1.54) is 23.2 Å². The van der Waals surface area contributed by atoms with Crippen LogP contribution in [0.4, 0.5) is 14.6 Å². The molecule has 0 aliphatic carbocycles. The number of nitrogens with one attached hydrogen (secondary N) is 1. The van der Waals surface area contributed by atoms with Gasteiger partial charge < -0.3 is 18.9 Å². The lowest BCUT2D eigenvalue weighted by Gasteiger charge is -2.05.